The molecule has 0 bridgehead atoms. The van der Waals surface area contributed by atoms with Crippen LogP contribution in [0.3, 0.4) is 0 Å². The Kier molecular flexibility index (Phi) is 7.19. The van der Waals surface area contributed by atoms with Crippen molar-refractivity contribution in [3.05, 3.63) is 13.2 Å². The van der Waals surface area contributed by atoms with Gasteiger partial charge >= 0.3 is 0 Å². The van der Waals surface area contributed by atoms with Crippen molar-refractivity contribution in [1.82, 2.24) is 0 Å². The highest BCUT2D eigenvalue weighted by Crippen LogP contribution is 2.23. The topological polar surface area (TPSA) is 0 Å². The van der Waals surface area contributed by atoms with Gasteiger partial charge in [-0.15, -0.1) is 13.2 Å². The van der Waals surface area contributed by atoms with E-state index in [0.717, 1.165) is 0 Å². The van der Waals surface area contributed by atoms with Gasteiger partial charge in [-0.05, 0) is 6.92 Å². The first-order valence-corrected chi connectivity index (χ1v) is 2.70. The van der Waals surface area contributed by atoms with E-state index in [0.29, 0.717) is 0 Å². The van der Waals surface area contributed by atoms with Gasteiger partial charge in [0.05, 0.1) is 0 Å². The summed E-state index contributed by atoms with van der Waals surface area (Å²) in [5.74, 6) is 0. The van der Waals surface area contributed by atoms with Crippen molar-refractivity contribution in [2.75, 3.05) is 0 Å². The maximum Gasteiger partial charge on any atom is 0.187 e. The summed E-state index contributed by atoms with van der Waals surface area (Å²) in [7, 11) is 0. The van der Waals surface area contributed by atoms with Gasteiger partial charge in [0.25, 0.3) is 0 Å². The SMILES string of the molecule is C=C.CC(Cl)(Cl)Cl. The van der Waals surface area contributed by atoms with Gasteiger partial charge in [-0.1, -0.05) is 34.8 Å². The van der Waals surface area contributed by atoms with Crippen LogP contribution in [0.2, 0.25) is 0 Å². The second-order valence-electron chi connectivity index (χ2n) is 0.781. The van der Waals surface area contributed by atoms with Crippen molar-refractivity contribution < 1.29 is 0 Å². The molecule has 0 atom stereocenters. The molecule has 0 aliphatic rings. The van der Waals surface area contributed by atoms with Crippen LogP contribution in [0.1, 0.15) is 6.92 Å². The summed E-state index contributed by atoms with van der Waals surface area (Å²) in [6.07, 6.45) is 0. The molecule has 0 saturated carbocycles. The molecular formula is C4H7Cl3. The van der Waals surface area contributed by atoms with E-state index in [1.165, 1.54) is 6.92 Å². The molecule has 0 amide bonds. The van der Waals surface area contributed by atoms with E-state index in [1.807, 2.05) is 0 Å². The molecule has 0 aromatic carbocycles. The Bertz CT molecular complexity index is 30.7. The zero-order valence-electron chi connectivity index (χ0n) is 4.05. The molecule has 0 aromatic heterocycles. The fourth-order valence-electron chi connectivity index (χ4n) is 0. The summed E-state index contributed by atoms with van der Waals surface area (Å²) in [6, 6.07) is 0. The molecule has 44 valence electrons. The molecule has 0 heterocycles. The Morgan fingerprint density at radius 2 is 1.14 bits per heavy atom. The molecule has 7 heavy (non-hydrogen) atoms. The molecule has 0 spiro atoms. The van der Waals surface area contributed by atoms with Crippen molar-refractivity contribution in [2.24, 2.45) is 0 Å². The van der Waals surface area contributed by atoms with Crippen LogP contribution in [-0.2, 0) is 0 Å². The monoisotopic (exact) mass is 160 g/mol. The van der Waals surface area contributed by atoms with E-state index in [1.54, 1.807) is 0 Å². The van der Waals surface area contributed by atoms with Crippen molar-refractivity contribution in [2.45, 2.75) is 10.7 Å². The smallest absolute Gasteiger partial charge is 0.106 e. The first-order chi connectivity index (χ1) is 3.00. The number of halogens is 3. The Balaban J connectivity index is 0. The van der Waals surface area contributed by atoms with Crippen LogP contribution in [-0.4, -0.2) is 3.79 Å². The van der Waals surface area contributed by atoms with E-state index in [9.17, 15) is 0 Å². The van der Waals surface area contributed by atoms with Crippen LogP contribution in [0.5, 0.6) is 0 Å². The molecule has 0 rings (SSSR count). The highest BCUT2D eigenvalue weighted by Gasteiger charge is 2.07. The third-order valence-corrected chi connectivity index (χ3v) is 0. The summed E-state index contributed by atoms with van der Waals surface area (Å²) >= 11 is 15.2. The second-order valence-corrected chi connectivity index (χ2v) is 3.63. The molecule has 0 aliphatic carbocycles. The van der Waals surface area contributed by atoms with E-state index in [-0.39, 0.29) is 0 Å². The van der Waals surface area contributed by atoms with Crippen molar-refractivity contribution in [3.8, 4) is 0 Å². The van der Waals surface area contributed by atoms with Gasteiger partial charge in [0.15, 0.2) is 3.79 Å². The first-order valence-electron chi connectivity index (χ1n) is 1.57. The summed E-state index contributed by atoms with van der Waals surface area (Å²) < 4.78 is -1.08. The number of rotatable bonds is 0. The minimum atomic E-state index is -1.08. The average molecular weight is 161 g/mol. The number of hydrogen-bond acceptors (Lipinski definition) is 0. The molecule has 0 nitrogen and oxygen atoms in total. The summed E-state index contributed by atoms with van der Waals surface area (Å²) in [5, 5.41) is 0. The van der Waals surface area contributed by atoms with Crippen LogP contribution in [0.15, 0.2) is 13.2 Å². The lowest BCUT2D eigenvalue weighted by molar-refractivity contribution is 1.27. The van der Waals surface area contributed by atoms with E-state index >= 15 is 0 Å². The van der Waals surface area contributed by atoms with Crippen molar-refractivity contribution in [3.63, 3.8) is 0 Å². The first kappa shape index (κ1) is 10.6. The average Bonchev–Trinajstić information content (AvgIpc) is 1.36. The van der Waals surface area contributed by atoms with Gasteiger partial charge in [-0.2, -0.15) is 0 Å². The van der Waals surface area contributed by atoms with Gasteiger partial charge in [-0.3, -0.25) is 0 Å². The van der Waals surface area contributed by atoms with Gasteiger partial charge < -0.3 is 0 Å². The standard InChI is InChI=1S/C2H3Cl3.C2H4/c1-2(3,4)5;1-2/h1H3;1-2H2. The van der Waals surface area contributed by atoms with Gasteiger partial charge in [0, 0.05) is 0 Å². The Morgan fingerprint density at radius 3 is 1.14 bits per heavy atom. The van der Waals surface area contributed by atoms with Crippen molar-refractivity contribution >= 4 is 34.8 Å². The van der Waals surface area contributed by atoms with Crippen LogP contribution in [0.25, 0.3) is 0 Å². The van der Waals surface area contributed by atoms with Crippen LogP contribution in [0.4, 0.5) is 0 Å². The minimum absolute atomic E-state index is 1.08. The highest BCUT2D eigenvalue weighted by molar-refractivity contribution is 6.67. The van der Waals surface area contributed by atoms with Crippen LogP contribution in [0, 0.1) is 0 Å². The maximum atomic E-state index is 5.06. The predicted octanol–water partition coefficient (Wildman–Crippen LogP) is 3.18. The maximum absolute atomic E-state index is 5.06. The van der Waals surface area contributed by atoms with E-state index in [2.05, 4.69) is 13.2 Å². The van der Waals surface area contributed by atoms with Gasteiger partial charge in [-0.25, -0.2) is 0 Å². The molecule has 0 fully saturated rings. The van der Waals surface area contributed by atoms with Crippen LogP contribution >= 0.6 is 34.8 Å². The van der Waals surface area contributed by atoms with E-state index in [4.69, 9.17) is 34.8 Å². The summed E-state index contributed by atoms with van der Waals surface area (Å²) in [6.45, 7) is 7.48. The van der Waals surface area contributed by atoms with Crippen LogP contribution < -0.4 is 0 Å². The molecule has 0 aromatic rings. The summed E-state index contributed by atoms with van der Waals surface area (Å²) in [5.41, 5.74) is 0. The summed E-state index contributed by atoms with van der Waals surface area (Å²) in [4.78, 5) is 0. The van der Waals surface area contributed by atoms with Crippen molar-refractivity contribution in [1.29, 1.82) is 0 Å². The molecule has 0 aliphatic heterocycles. The quantitative estimate of drug-likeness (QED) is 0.378. The number of hydrogen-bond donors (Lipinski definition) is 0. The molecule has 0 radical (unpaired) electrons. The lowest BCUT2D eigenvalue weighted by Gasteiger charge is -1.94. The zero-order valence-corrected chi connectivity index (χ0v) is 6.32. The van der Waals surface area contributed by atoms with Gasteiger partial charge in [0.1, 0.15) is 0 Å². The molecule has 3 heteroatoms. The minimum Gasteiger partial charge on any atom is -0.106 e. The second kappa shape index (κ2) is 4.76. The molecule has 0 unspecified atom stereocenters. The Morgan fingerprint density at radius 1 is 1.14 bits per heavy atom. The Hall–Kier alpha value is 0.610. The fraction of sp³-hybridized carbons (Fsp3) is 0.500. The molecule has 0 saturated heterocycles. The number of alkyl halides is 3. The van der Waals surface area contributed by atoms with E-state index < -0.39 is 3.79 Å². The largest absolute Gasteiger partial charge is 0.187 e. The normalized spacial score (nSPS) is 9.14. The van der Waals surface area contributed by atoms with Gasteiger partial charge in [0.2, 0.25) is 0 Å². The fourth-order valence-corrected chi connectivity index (χ4v) is 0. The predicted molar refractivity (Wildman–Crippen MR) is 37.2 cm³/mol. The highest BCUT2D eigenvalue weighted by atomic mass is 35.6. The Labute approximate surface area is 59.1 Å². The third-order valence-electron chi connectivity index (χ3n) is 0. The third kappa shape index (κ3) is 378. The lowest BCUT2D eigenvalue weighted by Crippen LogP contribution is -1.87. The lowest BCUT2D eigenvalue weighted by atomic mass is 10.9. The molecular weight excluding hydrogens is 154 g/mol. The zero-order chi connectivity index (χ0) is 6.50. The molecule has 0 N–H and O–H groups in total.